The predicted octanol–water partition coefficient (Wildman–Crippen LogP) is 3.66. The van der Waals surface area contributed by atoms with Gasteiger partial charge in [0.25, 0.3) is 5.91 Å². The van der Waals surface area contributed by atoms with Crippen molar-refractivity contribution < 1.29 is 24.2 Å². The van der Waals surface area contributed by atoms with Crippen molar-refractivity contribution in [3.8, 4) is 11.5 Å². The molecule has 148 valence electrons. The molecule has 0 atom stereocenters. The number of aldehydes is 1. The second-order valence-corrected chi connectivity index (χ2v) is 6.56. The fourth-order valence-corrected chi connectivity index (χ4v) is 2.67. The highest BCUT2D eigenvalue weighted by atomic mass is 16.5. The minimum absolute atomic E-state index is 0.113. The van der Waals surface area contributed by atoms with E-state index < -0.39 is 0 Å². The number of amides is 1. The molecule has 0 fully saturated rings. The third-order valence-electron chi connectivity index (χ3n) is 4.26. The number of unbranched alkanes of at least 4 members (excludes halogenated alkanes) is 2. The van der Waals surface area contributed by atoms with Gasteiger partial charge in [-0.25, -0.2) is 0 Å². The second-order valence-electron chi connectivity index (χ2n) is 6.56. The first-order chi connectivity index (χ1) is 13.5. The van der Waals surface area contributed by atoms with Crippen LogP contribution in [-0.4, -0.2) is 29.6 Å². The largest absolute Gasteiger partial charge is 0.507 e. The number of aromatic hydroxyl groups is 1. The lowest BCUT2D eigenvalue weighted by Gasteiger charge is -2.10. The first-order valence-corrected chi connectivity index (χ1v) is 9.28. The summed E-state index contributed by atoms with van der Waals surface area (Å²) in [4.78, 5) is 34.1. The van der Waals surface area contributed by atoms with Crippen LogP contribution in [0.1, 0.15) is 58.9 Å². The summed E-state index contributed by atoms with van der Waals surface area (Å²) in [5.74, 6) is 0.234. The Bertz CT molecular complexity index is 814. The Morgan fingerprint density at radius 2 is 1.82 bits per heavy atom. The van der Waals surface area contributed by atoms with Crippen LogP contribution in [0.15, 0.2) is 42.5 Å². The predicted molar refractivity (Wildman–Crippen MR) is 106 cm³/mol. The average Bonchev–Trinajstić information content (AvgIpc) is 2.69. The molecule has 2 aromatic rings. The van der Waals surface area contributed by atoms with E-state index in [1.165, 1.54) is 6.07 Å². The number of hydrogen-bond acceptors (Lipinski definition) is 5. The Hall–Kier alpha value is -3.15. The summed E-state index contributed by atoms with van der Waals surface area (Å²) >= 11 is 0. The number of carbonyl (C=O) groups is 3. The molecule has 0 unspecified atom stereocenters. The zero-order valence-corrected chi connectivity index (χ0v) is 15.9. The second kappa shape index (κ2) is 10.9. The number of benzene rings is 2. The lowest BCUT2D eigenvalue weighted by Crippen LogP contribution is -2.24. The molecular weight excluding hydrogens is 358 g/mol. The summed E-state index contributed by atoms with van der Waals surface area (Å²) in [6.07, 6.45) is 3.75. The zero-order chi connectivity index (χ0) is 20.4. The summed E-state index contributed by atoms with van der Waals surface area (Å²) in [5.41, 5.74) is 1.50. The van der Waals surface area contributed by atoms with Crippen molar-refractivity contribution in [2.45, 2.75) is 39.2 Å². The fourth-order valence-electron chi connectivity index (χ4n) is 2.67. The molecule has 28 heavy (non-hydrogen) atoms. The van der Waals surface area contributed by atoms with Crippen molar-refractivity contribution in [3.63, 3.8) is 0 Å². The normalized spacial score (nSPS) is 10.3. The summed E-state index contributed by atoms with van der Waals surface area (Å²) in [6.45, 7) is 2.37. The quantitative estimate of drug-likeness (QED) is 0.456. The van der Waals surface area contributed by atoms with E-state index in [1.807, 2.05) is 0 Å². The smallest absolute Gasteiger partial charge is 0.251 e. The van der Waals surface area contributed by atoms with Crippen LogP contribution in [0.3, 0.4) is 0 Å². The molecule has 2 rings (SSSR count). The van der Waals surface area contributed by atoms with Crippen molar-refractivity contribution in [1.29, 1.82) is 0 Å². The van der Waals surface area contributed by atoms with Crippen LogP contribution < -0.4 is 10.1 Å². The van der Waals surface area contributed by atoms with Crippen molar-refractivity contribution in [2.75, 3.05) is 6.54 Å². The zero-order valence-electron chi connectivity index (χ0n) is 15.9. The van der Waals surface area contributed by atoms with Gasteiger partial charge in [-0.1, -0.05) is 24.6 Å². The van der Waals surface area contributed by atoms with Gasteiger partial charge >= 0.3 is 0 Å². The van der Waals surface area contributed by atoms with Crippen LogP contribution in [0, 0.1) is 0 Å². The Kier molecular flexibility index (Phi) is 8.21. The monoisotopic (exact) mass is 383 g/mol. The van der Waals surface area contributed by atoms with E-state index in [9.17, 15) is 19.5 Å². The highest BCUT2D eigenvalue weighted by Crippen LogP contribution is 2.26. The topological polar surface area (TPSA) is 92.7 Å². The van der Waals surface area contributed by atoms with Gasteiger partial charge in [-0.3, -0.25) is 9.59 Å². The van der Waals surface area contributed by atoms with E-state index in [2.05, 4.69) is 5.32 Å². The van der Waals surface area contributed by atoms with Gasteiger partial charge in [0.05, 0.1) is 5.56 Å². The molecule has 0 radical (unpaired) electrons. The molecule has 6 heteroatoms. The van der Waals surface area contributed by atoms with E-state index in [0.29, 0.717) is 30.6 Å². The fraction of sp³-hybridized carbons (Fsp3) is 0.318. The molecule has 0 aliphatic rings. The molecule has 0 heterocycles. The van der Waals surface area contributed by atoms with Crippen LogP contribution in [0.25, 0.3) is 0 Å². The third-order valence-corrected chi connectivity index (χ3v) is 4.26. The first kappa shape index (κ1) is 21.2. The highest BCUT2D eigenvalue weighted by molar-refractivity contribution is 5.94. The molecule has 0 bridgehead atoms. The Balaban J connectivity index is 1.80. The first-order valence-electron chi connectivity index (χ1n) is 9.28. The maximum absolute atomic E-state index is 12.1. The Morgan fingerprint density at radius 1 is 1.07 bits per heavy atom. The summed E-state index contributed by atoms with van der Waals surface area (Å²) in [6, 6.07) is 11.6. The van der Waals surface area contributed by atoms with E-state index in [0.717, 1.165) is 24.8 Å². The van der Waals surface area contributed by atoms with Gasteiger partial charge in [0.15, 0.2) is 6.29 Å². The van der Waals surface area contributed by atoms with Crippen LogP contribution in [0.2, 0.25) is 0 Å². The maximum atomic E-state index is 12.1. The van der Waals surface area contributed by atoms with E-state index in [-0.39, 0.29) is 29.6 Å². The standard InChI is InChI=1S/C22H25NO5/c1-16(25)6-3-2-4-13-23-22(27)18-11-9-17(10-12-18)15-28-21-8-5-7-20(26)19(21)14-24/h5,7-12,14,26H,2-4,6,13,15H2,1H3,(H,23,27). The summed E-state index contributed by atoms with van der Waals surface area (Å²) in [7, 11) is 0. The summed E-state index contributed by atoms with van der Waals surface area (Å²) < 4.78 is 5.60. The number of carbonyl (C=O) groups excluding carboxylic acids is 3. The molecule has 0 aliphatic carbocycles. The third kappa shape index (κ3) is 6.54. The molecule has 2 aromatic carbocycles. The van der Waals surface area contributed by atoms with Crippen molar-refractivity contribution in [1.82, 2.24) is 5.32 Å². The molecule has 1 amide bonds. The van der Waals surface area contributed by atoms with Gasteiger partial charge in [0.1, 0.15) is 23.9 Å². The van der Waals surface area contributed by atoms with Crippen molar-refractivity contribution >= 4 is 18.0 Å². The molecular formula is C22H25NO5. The van der Waals surface area contributed by atoms with Crippen LogP contribution in [0.4, 0.5) is 0 Å². The molecule has 0 saturated carbocycles. The van der Waals surface area contributed by atoms with Gasteiger partial charge in [-0.05, 0) is 49.6 Å². The highest BCUT2D eigenvalue weighted by Gasteiger charge is 2.09. The lowest BCUT2D eigenvalue weighted by atomic mass is 10.1. The number of phenolic OH excluding ortho intramolecular Hbond substituents is 1. The number of ether oxygens (including phenoxy) is 1. The summed E-state index contributed by atoms with van der Waals surface area (Å²) in [5, 5.41) is 12.5. The van der Waals surface area contributed by atoms with E-state index >= 15 is 0 Å². The Labute approximate surface area is 164 Å². The molecule has 0 spiro atoms. The van der Waals surface area contributed by atoms with Crippen LogP contribution >= 0.6 is 0 Å². The van der Waals surface area contributed by atoms with Gasteiger partial charge < -0.3 is 20.0 Å². The van der Waals surface area contributed by atoms with Gasteiger partial charge in [0.2, 0.25) is 0 Å². The number of ketones is 1. The Morgan fingerprint density at radius 3 is 2.50 bits per heavy atom. The number of Topliss-reactive ketones (excluding diaryl/α,β-unsaturated/α-hetero) is 1. The minimum Gasteiger partial charge on any atom is -0.507 e. The van der Waals surface area contributed by atoms with Crippen molar-refractivity contribution in [2.24, 2.45) is 0 Å². The molecule has 6 nitrogen and oxygen atoms in total. The maximum Gasteiger partial charge on any atom is 0.251 e. The molecule has 0 aromatic heterocycles. The van der Waals surface area contributed by atoms with Crippen LogP contribution in [0.5, 0.6) is 11.5 Å². The van der Waals surface area contributed by atoms with Gasteiger partial charge in [-0.2, -0.15) is 0 Å². The van der Waals surface area contributed by atoms with E-state index in [4.69, 9.17) is 4.74 Å². The number of nitrogens with one attached hydrogen (secondary N) is 1. The number of rotatable bonds is 11. The van der Waals surface area contributed by atoms with Gasteiger partial charge in [0, 0.05) is 18.5 Å². The lowest BCUT2D eigenvalue weighted by molar-refractivity contribution is -0.117. The SMILES string of the molecule is CC(=O)CCCCCNC(=O)c1ccc(COc2cccc(O)c2C=O)cc1. The van der Waals surface area contributed by atoms with Gasteiger partial charge in [-0.15, -0.1) is 0 Å². The molecule has 0 aliphatic heterocycles. The average molecular weight is 383 g/mol. The van der Waals surface area contributed by atoms with Crippen LogP contribution in [-0.2, 0) is 11.4 Å². The minimum atomic E-state index is -0.143. The van der Waals surface area contributed by atoms with E-state index in [1.54, 1.807) is 43.3 Å². The number of hydrogen-bond donors (Lipinski definition) is 2. The molecule has 0 saturated heterocycles. The van der Waals surface area contributed by atoms with Crippen molar-refractivity contribution in [3.05, 3.63) is 59.2 Å². The number of phenols is 1. The molecule has 2 N–H and O–H groups in total.